The Balaban J connectivity index is 2.58. The summed E-state index contributed by atoms with van der Waals surface area (Å²) in [6, 6.07) is 3.27. The highest BCUT2D eigenvalue weighted by Gasteiger charge is 2.32. The van der Waals surface area contributed by atoms with Crippen molar-refractivity contribution in [2.75, 3.05) is 25.6 Å². The number of phenolic OH excluding ortho intramolecular Hbond substituents is 1. The Labute approximate surface area is 158 Å². The number of nitrogens with zero attached hydrogens (tertiary/aromatic N) is 2. The number of aromatic nitrogens is 2. The highest BCUT2D eigenvalue weighted by molar-refractivity contribution is 7.65. The van der Waals surface area contributed by atoms with E-state index in [9.17, 15) is 9.67 Å². The van der Waals surface area contributed by atoms with Gasteiger partial charge in [-0.05, 0) is 44.0 Å². The molecule has 0 radical (unpaired) electrons. The van der Waals surface area contributed by atoms with Gasteiger partial charge in [0.25, 0.3) is 0 Å². The highest BCUT2D eigenvalue weighted by Crippen LogP contribution is 2.61. The van der Waals surface area contributed by atoms with E-state index in [1.54, 1.807) is 39.1 Å². The Morgan fingerprint density at radius 2 is 1.96 bits per heavy atom. The lowest BCUT2D eigenvalue weighted by atomic mass is 10.1. The molecule has 2 aromatic rings. The Morgan fingerprint density at radius 3 is 2.52 bits per heavy atom. The van der Waals surface area contributed by atoms with E-state index in [2.05, 4.69) is 15.3 Å². The quantitative estimate of drug-likeness (QED) is 0.612. The molecule has 0 atom stereocenters. The van der Waals surface area contributed by atoms with Crippen molar-refractivity contribution in [3.05, 3.63) is 48.1 Å². The van der Waals surface area contributed by atoms with Crippen LogP contribution in [0.25, 0.3) is 5.31 Å². The van der Waals surface area contributed by atoms with Crippen LogP contribution in [0.2, 0.25) is 0 Å². The fourth-order valence-corrected chi connectivity index (χ4v) is 4.10. The van der Waals surface area contributed by atoms with Gasteiger partial charge in [0.1, 0.15) is 5.82 Å². The van der Waals surface area contributed by atoms with E-state index < -0.39 is 7.60 Å². The lowest BCUT2D eigenvalue weighted by Gasteiger charge is -2.21. The normalized spacial score (nSPS) is 12.1. The minimum Gasteiger partial charge on any atom is -0.504 e. The molecule has 0 amide bonds. The minimum absolute atomic E-state index is 0.0186. The van der Waals surface area contributed by atoms with Crippen LogP contribution in [0.3, 0.4) is 0 Å². The Kier molecular flexibility index (Phi) is 7.36. The maximum atomic E-state index is 13.4. The molecule has 0 aliphatic carbocycles. The van der Waals surface area contributed by atoms with Crippen LogP contribution < -0.4 is 10.1 Å². The van der Waals surface area contributed by atoms with Gasteiger partial charge in [-0.3, -0.25) is 9.55 Å². The summed E-state index contributed by atoms with van der Waals surface area (Å²) in [6.07, 6.45) is 6.13. The summed E-state index contributed by atoms with van der Waals surface area (Å²) in [6.45, 7) is 5.60. The van der Waals surface area contributed by atoms with E-state index in [-0.39, 0.29) is 24.7 Å². The molecule has 0 saturated heterocycles. The van der Waals surface area contributed by atoms with Crippen LogP contribution in [0.5, 0.6) is 11.5 Å². The maximum Gasteiger partial charge on any atom is 0.363 e. The lowest BCUT2D eigenvalue weighted by Crippen LogP contribution is -2.02. The molecule has 146 valence electrons. The molecule has 27 heavy (non-hydrogen) atoms. The molecular weight excluding hydrogens is 369 g/mol. The van der Waals surface area contributed by atoms with Gasteiger partial charge in [-0.25, -0.2) is 4.98 Å². The smallest absolute Gasteiger partial charge is 0.363 e. The molecule has 1 aromatic carbocycles. The van der Waals surface area contributed by atoms with Crippen LogP contribution in [0.1, 0.15) is 25.0 Å². The zero-order valence-electron chi connectivity index (χ0n) is 15.8. The largest absolute Gasteiger partial charge is 0.504 e. The number of benzene rings is 1. The second-order valence-electron chi connectivity index (χ2n) is 5.44. The average Bonchev–Trinajstić information content (AvgIpc) is 2.65. The van der Waals surface area contributed by atoms with E-state index in [0.29, 0.717) is 22.3 Å². The zero-order valence-corrected chi connectivity index (χ0v) is 16.7. The number of ether oxygens (including phenoxy) is 1. The summed E-state index contributed by atoms with van der Waals surface area (Å²) < 4.78 is 29.7. The van der Waals surface area contributed by atoms with Crippen LogP contribution in [-0.4, -0.2) is 35.4 Å². The molecule has 1 heterocycles. The third-order valence-corrected chi connectivity index (χ3v) is 5.77. The molecule has 2 rings (SSSR count). The fraction of sp³-hybridized carbons (Fsp3) is 0.333. The van der Waals surface area contributed by atoms with Crippen molar-refractivity contribution in [3.63, 3.8) is 0 Å². The first-order valence-corrected chi connectivity index (χ1v) is 9.99. The number of phenols is 1. The second-order valence-corrected chi connectivity index (χ2v) is 7.43. The number of aromatic hydroxyl groups is 1. The first kappa shape index (κ1) is 20.9. The van der Waals surface area contributed by atoms with E-state index in [1.807, 2.05) is 0 Å². The highest BCUT2D eigenvalue weighted by atomic mass is 31.2. The van der Waals surface area contributed by atoms with Crippen LogP contribution in [0.15, 0.2) is 36.9 Å². The molecule has 0 aliphatic heterocycles. The molecule has 0 fully saturated rings. The predicted octanol–water partition coefficient (Wildman–Crippen LogP) is 4.18. The van der Waals surface area contributed by atoms with Crippen LogP contribution in [0.4, 0.5) is 5.82 Å². The number of anilines is 1. The summed E-state index contributed by atoms with van der Waals surface area (Å²) in [5.74, 6) is 0.747. The third-order valence-electron chi connectivity index (χ3n) is 3.59. The van der Waals surface area contributed by atoms with E-state index >= 15 is 0 Å². The van der Waals surface area contributed by atoms with Crippen molar-refractivity contribution in [2.45, 2.75) is 20.8 Å². The number of methoxy groups -OCH3 is 1. The number of hydrogen-bond acceptors (Lipinski definition) is 8. The monoisotopic (exact) mass is 393 g/mol. The zero-order chi connectivity index (χ0) is 19.9. The fourth-order valence-electron chi connectivity index (χ4n) is 2.40. The molecule has 1 aromatic heterocycles. The summed E-state index contributed by atoms with van der Waals surface area (Å²) in [5, 5.41) is 13.4. The lowest BCUT2D eigenvalue weighted by molar-refractivity contribution is 0.230. The van der Waals surface area contributed by atoms with Gasteiger partial charge < -0.3 is 24.2 Å². The standard InChI is InChI=1S/C18H24N3O5P/c1-5-25-27(23,26-6-2)16(11-21-17-12-19-7-8-20-17)14-9-13(3)18(22)15(10-14)24-4/h7-12,22H,5-6H2,1-4H3,(H,20,21)/b16-11+. The first-order valence-electron chi connectivity index (χ1n) is 8.45. The van der Waals surface area contributed by atoms with Crippen molar-refractivity contribution in [1.82, 2.24) is 9.97 Å². The summed E-state index contributed by atoms with van der Waals surface area (Å²) in [4.78, 5) is 8.11. The first-order chi connectivity index (χ1) is 12.9. The van der Waals surface area contributed by atoms with Gasteiger partial charge in [-0.15, -0.1) is 0 Å². The molecule has 0 unspecified atom stereocenters. The van der Waals surface area contributed by atoms with Gasteiger partial charge in [-0.1, -0.05) is 0 Å². The third kappa shape index (κ3) is 5.07. The second kappa shape index (κ2) is 9.50. The summed E-state index contributed by atoms with van der Waals surface area (Å²) >= 11 is 0. The maximum absolute atomic E-state index is 13.4. The van der Waals surface area contributed by atoms with E-state index in [0.717, 1.165) is 0 Å². The van der Waals surface area contributed by atoms with Gasteiger partial charge >= 0.3 is 7.60 Å². The van der Waals surface area contributed by atoms with E-state index in [4.69, 9.17) is 13.8 Å². The molecule has 0 bridgehead atoms. The number of rotatable bonds is 9. The van der Waals surface area contributed by atoms with Crippen LogP contribution in [0, 0.1) is 6.92 Å². The van der Waals surface area contributed by atoms with Gasteiger partial charge in [0, 0.05) is 18.6 Å². The molecule has 8 nitrogen and oxygen atoms in total. The number of nitrogens with one attached hydrogen (secondary N) is 1. The number of aryl methyl sites for hydroxylation is 1. The van der Waals surface area contributed by atoms with Gasteiger partial charge in [-0.2, -0.15) is 0 Å². The number of hydrogen-bond donors (Lipinski definition) is 2. The topological polar surface area (TPSA) is 103 Å². The average molecular weight is 393 g/mol. The summed E-state index contributed by atoms with van der Waals surface area (Å²) in [5.41, 5.74) is 1.10. The Morgan fingerprint density at radius 1 is 1.26 bits per heavy atom. The molecule has 0 saturated carbocycles. The SMILES string of the molecule is CCOP(=O)(OCC)/C(=C/Nc1cnccn1)c1cc(C)c(O)c(OC)c1. The molecule has 0 spiro atoms. The van der Waals surface area contributed by atoms with Crippen molar-refractivity contribution in [3.8, 4) is 11.5 Å². The van der Waals surface area contributed by atoms with E-state index in [1.165, 1.54) is 25.7 Å². The van der Waals surface area contributed by atoms with Crippen LogP contribution in [-0.2, 0) is 13.6 Å². The molecule has 9 heteroatoms. The Hall–Kier alpha value is -2.41. The van der Waals surface area contributed by atoms with Crippen molar-refractivity contribution in [1.29, 1.82) is 0 Å². The Bertz CT molecular complexity index is 832. The predicted molar refractivity (Wildman–Crippen MR) is 104 cm³/mol. The van der Waals surface area contributed by atoms with Gasteiger partial charge in [0.05, 0.1) is 31.8 Å². The molecule has 0 aliphatic rings. The minimum atomic E-state index is -3.64. The molecular formula is C18H24N3O5P. The van der Waals surface area contributed by atoms with Gasteiger partial charge in [0.2, 0.25) is 0 Å². The summed E-state index contributed by atoms with van der Waals surface area (Å²) in [7, 11) is -2.19. The van der Waals surface area contributed by atoms with Crippen molar-refractivity contribution < 1.29 is 23.5 Å². The van der Waals surface area contributed by atoms with Crippen molar-refractivity contribution in [2.24, 2.45) is 0 Å². The molecule has 2 N–H and O–H groups in total. The van der Waals surface area contributed by atoms with Crippen LogP contribution >= 0.6 is 7.60 Å². The van der Waals surface area contributed by atoms with Gasteiger partial charge in [0.15, 0.2) is 11.5 Å². The van der Waals surface area contributed by atoms with Crippen molar-refractivity contribution >= 4 is 18.7 Å².